The number of carbonyl (C=O) groups excluding carboxylic acids is 1. The van der Waals surface area contributed by atoms with E-state index in [-0.39, 0.29) is 12.1 Å². The molecule has 6 nitrogen and oxygen atoms in total. The molecule has 1 aliphatic rings. The van der Waals surface area contributed by atoms with Crippen LogP contribution in [0.5, 0.6) is 0 Å². The molecule has 2 atom stereocenters. The van der Waals surface area contributed by atoms with Crippen molar-refractivity contribution in [2.45, 2.75) is 31.5 Å². The highest BCUT2D eigenvalue weighted by molar-refractivity contribution is 5.75. The lowest BCUT2D eigenvalue weighted by Gasteiger charge is -2.26. The van der Waals surface area contributed by atoms with E-state index in [1.807, 2.05) is 24.3 Å². The molecule has 0 radical (unpaired) electrons. The van der Waals surface area contributed by atoms with Crippen LogP contribution in [0.25, 0.3) is 0 Å². The fourth-order valence-corrected chi connectivity index (χ4v) is 2.88. The number of aliphatic hydroxyl groups is 1. The van der Waals surface area contributed by atoms with E-state index in [0.29, 0.717) is 25.9 Å². The number of aromatic nitrogens is 2. The molecule has 1 fully saturated rings. The van der Waals surface area contributed by atoms with Gasteiger partial charge in [-0.2, -0.15) is 0 Å². The summed E-state index contributed by atoms with van der Waals surface area (Å²) in [6.07, 6.45) is 7.63. The van der Waals surface area contributed by atoms with E-state index >= 15 is 0 Å². The number of hydrogen-bond donors (Lipinski definition) is 2. The summed E-state index contributed by atoms with van der Waals surface area (Å²) in [5.41, 5.74) is 1.97. The number of urea groups is 1. The summed E-state index contributed by atoms with van der Waals surface area (Å²) in [6.45, 7) is 0.990. The van der Waals surface area contributed by atoms with Gasteiger partial charge in [-0.3, -0.25) is 9.97 Å². The van der Waals surface area contributed by atoms with Gasteiger partial charge in [0.15, 0.2) is 0 Å². The second-order valence-corrected chi connectivity index (χ2v) is 5.70. The summed E-state index contributed by atoms with van der Waals surface area (Å²) in [7, 11) is 0. The highest BCUT2D eigenvalue weighted by Gasteiger charge is 2.35. The van der Waals surface area contributed by atoms with Gasteiger partial charge in [-0.05, 0) is 36.1 Å². The van der Waals surface area contributed by atoms with Crippen LogP contribution in [-0.4, -0.2) is 44.7 Å². The maximum atomic E-state index is 12.4. The first-order valence-corrected chi connectivity index (χ1v) is 7.74. The average molecular weight is 312 g/mol. The number of pyridine rings is 2. The zero-order valence-corrected chi connectivity index (χ0v) is 12.8. The molecule has 2 N–H and O–H groups in total. The number of carbonyl (C=O) groups is 1. The van der Waals surface area contributed by atoms with Crippen LogP contribution < -0.4 is 5.32 Å². The third-order valence-electron chi connectivity index (χ3n) is 4.11. The molecule has 1 aliphatic heterocycles. The summed E-state index contributed by atoms with van der Waals surface area (Å²) in [5.74, 6) is 0. The molecule has 6 heteroatoms. The molecular weight excluding hydrogens is 292 g/mol. The van der Waals surface area contributed by atoms with Gasteiger partial charge in [0.1, 0.15) is 0 Å². The Labute approximate surface area is 135 Å². The van der Waals surface area contributed by atoms with Gasteiger partial charge in [0.05, 0.1) is 12.1 Å². The van der Waals surface area contributed by atoms with Crippen molar-refractivity contribution >= 4 is 6.03 Å². The van der Waals surface area contributed by atoms with Crippen LogP contribution in [0.1, 0.15) is 17.5 Å². The third-order valence-corrected chi connectivity index (χ3v) is 4.11. The first-order chi connectivity index (χ1) is 11.2. The molecule has 0 aliphatic carbocycles. The zero-order valence-electron chi connectivity index (χ0n) is 12.8. The summed E-state index contributed by atoms with van der Waals surface area (Å²) in [4.78, 5) is 22.3. The lowest BCUT2D eigenvalue weighted by Crippen LogP contribution is -2.46. The van der Waals surface area contributed by atoms with Crippen molar-refractivity contribution in [1.29, 1.82) is 0 Å². The molecule has 120 valence electrons. The van der Waals surface area contributed by atoms with Crippen molar-refractivity contribution in [3.63, 3.8) is 0 Å². The average Bonchev–Trinajstić information content (AvgIpc) is 2.95. The van der Waals surface area contributed by atoms with Crippen LogP contribution in [0, 0.1) is 0 Å². The zero-order chi connectivity index (χ0) is 16.1. The van der Waals surface area contributed by atoms with Gasteiger partial charge in [-0.25, -0.2) is 4.79 Å². The lowest BCUT2D eigenvalue weighted by atomic mass is 10.0. The van der Waals surface area contributed by atoms with Crippen LogP contribution in [0.3, 0.4) is 0 Å². The van der Waals surface area contributed by atoms with Crippen molar-refractivity contribution in [1.82, 2.24) is 20.2 Å². The van der Waals surface area contributed by atoms with Crippen molar-refractivity contribution in [2.75, 3.05) is 6.54 Å². The standard InChI is InChI=1S/C17H20N4O2/c22-16-5-8-21(15(16)9-13-3-1-6-18-10-13)17(23)20-12-14-4-2-7-19-11-14/h1-4,6-7,10-11,15-16,22H,5,8-9,12H2,(H,20,23)/t15-,16-/m1/s1. The highest BCUT2D eigenvalue weighted by atomic mass is 16.3. The van der Waals surface area contributed by atoms with E-state index in [9.17, 15) is 9.90 Å². The van der Waals surface area contributed by atoms with Crippen molar-refractivity contribution in [2.24, 2.45) is 0 Å². The lowest BCUT2D eigenvalue weighted by molar-refractivity contribution is 0.122. The van der Waals surface area contributed by atoms with Crippen LogP contribution in [0.2, 0.25) is 0 Å². The monoisotopic (exact) mass is 312 g/mol. The Morgan fingerprint density at radius 2 is 1.91 bits per heavy atom. The van der Waals surface area contributed by atoms with Crippen LogP contribution in [0.4, 0.5) is 4.79 Å². The van der Waals surface area contributed by atoms with Crippen LogP contribution in [-0.2, 0) is 13.0 Å². The normalized spacial score (nSPS) is 20.5. The third kappa shape index (κ3) is 3.84. The Hall–Kier alpha value is -2.47. The maximum absolute atomic E-state index is 12.4. The quantitative estimate of drug-likeness (QED) is 0.893. The van der Waals surface area contributed by atoms with E-state index < -0.39 is 6.10 Å². The predicted octanol–water partition coefficient (Wildman–Crippen LogP) is 1.36. The number of rotatable bonds is 4. The first kappa shape index (κ1) is 15.4. The Bertz CT molecular complexity index is 636. The molecule has 0 saturated carbocycles. The molecule has 2 amide bonds. The van der Waals surface area contributed by atoms with Gasteiger partial charge in [-0.15, -0.1) is 0 Å². The van der Waals surface area contributed by atoms with Gasteiger partial charge >= 0.3 is 6.03 Å². The minimum Gasteiger partial charge on any atom is -0.391 e. The van der Waals surface area contributed by atoms with Crippen molar-refractivity contribution in [3.8, 4) is 0 Å². The number of nitrogens with one attached hydrogen (secondary N) is 1. The molecule has 0 spiro atoms. The molecule has 2 aromatic rings. The topological polar surface area (TPSA) is 78.4 Å². The van der Waals surface area contributed by atoms with Gasteiger partial charge in [-0.1, -0.05) is 12.1 Å². The van der Waals surface area contributed by atoms with Crippen molar-refractivity contribution < 1.29 is 9.90 Å². The Kier molecular flexibility index (Phi) is 4.83. The maximum Gasteiger partial charge on any atom is 0.318 e. The Morgan fingerprint density at radius 3 is 2.57 bits per heavy atom. The molecule has 3 rings (SSSR count). The molecule has 0 unspecified atom stereocenters. The number of amides is 2. The minimum absolute atomic E-state index is 0.153. The molecular formula is C17H20N4O2. The fourth-order valence-electron chi connectivity index (χ4n) is 2.88. The molecule has 0 bridgehead atoms. The van der Waals surface area contributed by atoms with E-state index in [4.69, 9.17) is 0 Å². The smallest absolute Gasteiger partial charge is 0.318 e. The summed E-state index contributed by atoms with van der Waals surface area (Å²) in [5, 5.41) is 13.1. The predicted molar refractivity (Wildman–Crippen MR) is 85.5 cm³/mol. The molecule has 2 aromatic heterocycles. The number of nitrogens with zero attached hydrogens (tertiary/aromatic N) is 3. The van der Waals surface area contributed by atoms with E-state index in [2.05, 4.69) is 15.3 Å². The van der Waals surface area contributed by atoms with Crippen LogP contribution in [0.15, 0.2) is 49.1 Å². The van der Waals surface area contributed by atoms with Gasteiger partial charge in [0, 0.05) is 37.9 Å². The number of likely N-dealkylation sites (tertiary alicyclic amines) is 1. The van der Waals surface area contributed by atoms with Gasteiger partial charge in [0.2, 0.25) is 0 Å². The SMILES string of the molecule is O=C(NCc1cccnc1)N1CC[C@@H](O)[C@H]1Cc1cccnc1. The second-order valence-electron chi connectivity index (χ2n) is 5.70. The summed E-state index contributed by atoms with van der Waals surface area (Å²) in [6, 6.07) is 7.21. The number of aliphatic hydroxyl groups excluding tert-OH is 1. The van der Waals surface area contributed by atoms with E-state index in [1.54, 1.807) is 29.7 Å². The molecule has 3 heterocycles. The first-order valence-electron chi connectivity index (χ1n) is 7.74. The molecule has 23 heavy (non-hydrogen) atoms. The second kappa shape index (κ2) is 7.19. The molecule has 0 aromatic carbocycles. The number of hydrogen-bond acceptors (Lipinski definition) is 4. The van der Waals surface area contributed by atoms with Gasteiger partial charge < -0.3 is 15.3 Å². The Morgan fingerprint density at radius 1 is 1.22 bits per heavy atom. The largest absolute Gasteiger partial charge is 0.391 e. The highest BCUT2D eigenvalue weighted by Crippen LogP contribution is 2.21. The molecule has 1 saturated heterocycles. The fraction of sp³-hybridized carbons (Fsp3) is 0.353. The van der Waals surface area contributed by atoms with E-state index in [1.165, 1.54) is 0 Å². The Balaban J connectivity index is 1.62. The van der Waals surface area contributed by atoms with Crippen molar-refractivity contribution in [3.05, 3.63) is 60.2 Å². The van der Waals surface area contributed by atoms with Crippen LogP contribution >= 0.6 is 0 Å². The summed E-state index contributed by atoms with van der Waals surface area (Å²) < 4.78 is 0. The summed E-state index contributed by atoms with van der Waals surface area (Å²) >= 11 is 0. The van der Waals surface area contributed by atoms with E-state index in [0.717, 1.165) is 11.1 Å². The van der Waals surface area contributed by atoms with Gasteiger partial charge in [0.25, 0.3) is 0 Å². The minimum atomic E-state index is -0.501.